The first-order valence-corrected chi connectivity index (χ1v) is 9.60. The minimum Gasteiger partial charge on any atom is -0.368 e. The molecule has 1 fully saturated rings. The van der Waals surface area contributed by atoms with Crippen LogP contribution in [-0.4, -0.2) is 47.0 Å². The molecule has 2 aromatic carbocycles. The fourth-order valence-corrected chi connectivity index (χ4v) is 3.31. The lowest BCUT2D eigenvalue weighted by molar-refractivity contribution is 0.0741. The molecule has 1 N–H and O–H groups in total. The van der Waals surface area contributed by atoms with Gasteiger partial charge in [-0.05, 0) is 35.9 Å². The molecule has 1 aliphatic rings. The Morgan fingerprint density at radius 2 is 1.69 bits per heavy atom. The van der Waals surface area contributed by atoms with Crippen LogP contribution in [-0.2, 0) is 6.54 Å². The molecule has 1 saturated heterocycles. The van der Waals surface area contributed by atoms with Crippen LogP contribution in [0.4, 0.5) is 16.0 Å². The number of amides is 1. The Kier molecular flexibility index (Phi) is 5.65. The smallest absolute Gasteiger partial charge is 0.272 e. The average Bonchev–Trinajstić information content (AvgIpc) is 2.79. The number of rotatable bonds is 5. The van der Waals surface area contributed by atoms with Gasteiger partial charge in [-0.2, -0.15) is 0 Å². The van der Waals surface area contributed by atoms with E-state index in [-0.39, 0.29) is 11.7 Å². The van der Waals surface area contributed by atoms with Gasteiger partial charge in [0.15, 0.2) is 0 Å². The van der Waals surface area contributed by atoms with E-state index in [0.29, 0.717) is 31.3 Å². The van der Waals surface area contributed by atoms with Crippen LogP contribution in [0.25, 0.3) is 0 Å². The van der Waals surface area contributed by atoms with Crippen molar-refractivity contribution in [1.29, 1.82) is 0 Å². The zero-order valence-corrected chi connectivity index (χ0v) is 16.0. The molecule has 0 spiro atoms. The van der Waals surface area contributed by atoms with Crippen LogP contribution in [0.3, 0.4) is 0 Å². The van der Waals surface area contributed by atoms with Gasteiger partial charge in [-0.15, -0.1) is 0 Å². The van der Waals surface area contributed by atoms with Crippen molar-refractivity contribution >= 4 is 17.5 Å². The zero-order chi connectivity index (χ0) is 20.1. The molecule has 2 heterocycles. The van der Waals surface area contributed by atoms with Crippen LogP contribution < -0.4 is 10.2 Å². The molecule has 0 aliphatic carbocycles. The summed E-state index contributed by atoms with van der Waals surface area (Å²) < 4.78 is 13.0. The minimum absolute atomic E-state index is 0.0926. The molecule has 7 heteroatoms. The van der Waals surface area contributed by atoms with Gasteiger partial charge in [0.1, 0.15) is 11.5 Å². The lowest BCUT2D eigenvalue weighted by Gasteiger charge is -2.36. The molecule has 0 atom stereocenters. The van der Waals surface area contributed by atoms with E-state index < -0.39 is 0 Å². The number of carbonyl (C=O) groups excluding carboxylic acids is 1. The molecule has 29 heavy (non-hydrogen) atoms. The van der Waals surface area contributed by atoms with E-state index in [1.807, 2.05) is 23.1 Å². The SMILES string of the molecule is O=C(c1ccnc(NCc2ccc(F)cc2)n1)N1CCN(c2ccccc2)CC1. The fraction of sp³-hybridized carbons (Fsp3) is 0.227. The van der Waals surface area contributed by atoms with Crippen molar-refractivity contribution in [3.63, 3.8) is 0 Å². The van der Waals surface area contributed by atoms with Crippen molar-refractivity contribution in [2.75, 3.05) is 36.4 Å². The van der Waals surface area contributed by atoms with Gasteiger partial charge in [0.05, 0.1) is 0 Å². The van der Waals surface area contributed by atoms with Gasteiger partial charge in [-0.1, -0.05) is 30.3 Å². The lowest BCUT2D eigenvalue weighted by atomic mass is 10.2. The number of aromatic nitrogens is 2. The number of carbonyl (C=O) groups is 1. The maximum absolute atomic E-state index is 13.0. The molecule has 1 aliphatic heterocycles. The summed E-state index contributed by atoms with van der Waals surface area (Å²) >= 11 is 0. The molecule has 6 nitrogen and oxygen atoms in total. The summed E-state index contributed by atoms with van der Waals surface area (Å²) in [6, 6.07) is 18.1. The van der Waals surface area contributed by atoms with Gasteiger partial charge < -0.3 is 15.1 Å². The molecule has 4 rings (SSSR count). The number of hydrogen-bond acceptors (Lipinski definition) is 5. The summed E-state index contributed by atoms with van der Waals surface area (Å²) in [5.41, 5.74) is 2.45. The Hall–Kier alpha value is -3.48. The van der Waals surface area contributed by atoms with E-state index in [0.717, 1.165) is 18.7 Å². The monoisotopic (exact) mass is 391 g/mol. The first-order chi connectivity index (χ1) is 14.2. The molecular formula is C22H22FN5O. The van der Waals surface area contributed by atoms with E-state index in [2.05, 4.69) is 32.3 Å². The van der Waals surface area contributed by atoms with Gasteiger partial charge in [0, 0.05) is 44.6 Å². The highest BCUT2D eigenvalue weighted by Gasteiger charge is 2.23. The van der Waals surface area contributed by atoms with Crippen molar-refractivity contribution < 1.29 is 9.18 Å². The highest BCUT2D eigenvalue weighted by molar-refractivity contribution is 5.92. The first kappa shape index (κ1) is 18.9. The Morgan fingerprint density at radius 3 is 2.41 bits per heavy atom. The lowest BCUT2D eigenvalue weighted by Crippen LogP contribution is -2.49. The molecule has 0 radical (unpaired) electrons. The zero-order valence-electron chi connectivity index (χ0n) is 16.0. The number of halogens is 1. The molecular weight excluding hydrogens is 369 g/mol. The second kappa shape index (κ2) is 8.68. The molecule has 0 unspecified atom stereocenters. The van der Waals surface area contributed by atoms with E-state index in [1.165, 1.54) is 17.8 Å². The van der Waals surface area contributed by atoms with Crippen LogP contribution in [0.15, 0.2) is 66.9 Å². The molecule has 0 saturated carbocycles. The number of nitrogens with zero attached hydrogens (tertiary/aromatic N) is 4. The van der Waals surface area contributed by atoms with Gasteiger partial charge in [0.25, 0.3) is 5.91 Å². The number of benzene rings is 2. The summed E-state index contributed by atoms with van der Waals surface area (Å²) in [6.07, 6.45) is 1.58. The van der Waals surface area contributed by atoms with Crippen LogP contribution in [0, 0.1) is 5.82 Å². The summed E-state index contributed by atoms with van der Waals surface area (Å²) in [5.74, 6) is 0.0120. The van der Waals surface area contributed by atoms with Gasteiger partial charge in [-0.3, -0.25) is 4.79 Å². The second-order valence-corrected chi connectivity index (χ2v) is 6.86. The standard InChI is InChI=1S/C22H22FN5O/c23-18-8-6-17(7-9-18)16-25-22-24-11-10-20(26-22)21(29)28-14-12-27(13-15-28)19-4-2-1-3-5-19/h1-11H,12-16H2,(H,24,25,26). The third-order valence-corrected chi connectivity index (χ3v) is 4.93. The predicted molar refractivity (Wildman–Crippen MR) is 110 cm³/mol. The molecule has 3 aromatic rings. The van der Waals surface area contributed by atoms with Crippen molar-refractivity contribution in [3.05, 3.63) is 83.9 Å². The molecule has 0 bridgehead atoms. The quantitative estimate of drug-likeness (QED) is 0.724. The number of anilines is 2. The highest BCUT2D eigenvalue weighted by Crippen LogP contribution is 2.16. The highest BCUT2D eigenvalue weighted by atomic mass is 19.1. The second-order valence-electron chi connectivity index (χ2n) is 6.86. The van der Waals surface area contributed by atoms with E-state index >= 15 is 0 Å². The molecule has 148 valence electrons. The summed E-state index contributed by atoms with van der Waals surface area (Å²) in [4.78, 5) is 25.5. The maximum atomic E-state index is 13.0. The van der Waals surface area contributed by atoms with Gasteiger partial charge in [0.2, 0.25) is 5.95 Å². The number of hydrogen-bond donors (Lipinski definition) is 1. The topological polar surface area (TPSA) is 61.4 Å². The summed E-state index contributed by atoms with van der Waals surface area (Å²) in [6.45, 7) is 3.33. The Bertz CT molecular complexity index is 956. The summed E-state index contributed by atoms with van der Waals surface area (Å²) in [7, 11) is 0. The van der Waals surface area contributed by atoms with Crippen LogP contribution in [0.2, 0.25) is 0 Å². The molecule has 1 amide bonds. The van der Waals surface area contributed by atoms with Crippen LogP contribution >= 0.6 is 0 Å². The number of piperazine rings is 1. The van der Waals surface area contributed by atoms with Crippen molar-refractivity contribution in [1.82, 2.24) is 14.9 Å². The van der Waals surface area contributed by atoms with Crippen LogP contribution in [0.1, 0.15) is 16.1 Å². The Labute approximate surface area is 169 Å². The number of para-hydroxylation sites is 1. The normalized spacial score (nSPS) is 14.0. The largest absolute Gasteiger partial charge is 0.368 e. The maximum Gasteiger partial charge on any atom is 0.272 e. The fourth-order valence-electron chi connectivity index (χ4n) is 3.31. The van der Waals surface area contributed by atoms with E-state index in [1.54, 1.807) is 24.4 Å². The van der Waals surface area contributed by atoms with Crippen molar-refractivity contribution in [2.24, 2.45) is 0 Å². The van der Waals surface area contributed by atoms with E-state index in [9.17, 15) is 9.18 Å². The van der Waals surface area contributed by atoms with Gasteiger partial charge in [-0.25, -0.2) is 14.4 Å². The Balaban J connectivity index is 1.35. The first-order valence-electron chi connectivity index (χ1n) is 9.60. The number of nitrogens with one attached hydrogen (secondary N) is 1. The van der Waals surface area contributed by atoms with Gasteiger partial charge >= 0.3 is 0 Å². The predicted octanol–water partition coefficient (Wildman–Crippen LogP) is 3.19. The molecule has 1 aromatic heterocycles. The third kappa shape index (κ3) is 4.68. The minimum atomic E-state index is -0.273. The van der Waals surface area contributed by atoms with Crippen molar-refractivity contribution in [3.8, 4) is 0 Å². The van der Waals surface area contributed by atoms with Crippen molar-refractivity contribution in [2.45, 2.75) is 6.54 Å². The third-order valence-electron chi connectivity index (χ3n) is 4.93. The average molecular weight is 391 g/mol. The summed E-state index contributed by atoms with van der Waals surface area (Å²) in [5, 5.41) is 3.08. The van der Waals surface area contributed by atoms with E-state index in [4.69, 9.17) is 0 Å². The van der Waals surface area contributed by atoms with Crippen LogP contribution in [0.5, 0.6) is 0 Å². The Morgan fingerprint density at radius 1 is 0.966 bits per heavy atom.